The van der Waals surface area contributed by atoms with Gasteiger partial charge < -0.3 is 15.2 Å². The van der Waals surface area contributed by atoms with Gasteiger partial charge in [0, 0.05) is 0 Å². The first-order valence-corrected chi connectivity index (χ1v) is 6.54. The minimum Gasteiger partial charge on any atom is -0.497 e. The zero-order valence-corrected chi connectivity index (χ0v) is 11.6. The lowest BCUT2D eigenvalue weighted by Gasteiger charge is -2.09. The molecule has 1 heterocycles. The fraction of sp³-hybridized carbons (Fsp3) is 0.125. The highest BCUT2D eigenvalue weighted by Crippen LogP contribution is 2.24. The number of nitrogen functional groups attached to an aromatic ring is 1. The molecule has 3 rings (SSSR count). The molecule has 1 aromatic heterocycles. The highest BCUT2D eigenvalue weighted by molar-refractivity contribution is 5.84. The van der Waals surface area contributed by atoms with E-state index < -0.39 is 0 Å². The van der Waals surface area contributed by atoms with Gasteiger partial charge in [-0.05, 0) is 29.8 Å². The molecule has 0 aliphatic heterocycles. The Balaban J connectivity index is 1.84. The highest BCUT2D eigenvalue weighted by atomic mass is 16.5. The first-order valence-electron chi connectivity index (χ1n) is 6.54. The zero-order chi connectivity index (χ0) is 14.7. The lowest BCUT2D eigenvalue weighted by Crippen LogP contribution is -2.02. The van der Waals surface area contributed by atoms with Crippen molar-refractivity contribution < 1.29 is 9.47 Å². The third kappa shape index (κ3) is 2.86. The molecule has 0 spiro atoms. The molecule has 0 amide bonds. The van der Waals surface area contributed by atoms with Crippen molar-refractivity contribution in [2.24, 2.45) is 0 Å². The second kappa shape index (κ2) is 5.66. The molecule has 0 radical (unpaired) electrons. The van der Waals surface area contributed by atoms with Crippen LogP contribution < -0.4 is 15.2 Å². The van der Waals surface area contributed by atoms with Gasteiger partial charge in [0.1, 0.15) is 12.4 Å². The van der Waals surface area contributed by atoms with Gasteiger partial charge in [0.05, 0.1) is 18.0 Å². The van der Waals surface area contributed by atoms with Crippen LogP contribution in [0.4, 0.5) is 5.95 Å². The lowest BCUT2D eigenvalue weighted by molar-refractivity contribution is 0.298. The van der Waals surface area contributed by atoms with E-state index in [4.69, 9.17) is 15.2 Å². The number of nitrogens with two attached hydrogens (primary N) is 1. The van der Waals surface area contributed by atoms with Gasteiger partial charge in [-0.1, -0.05) is 24.3 Å². The zero-order valence-electron chi connectivity index (χ0n) is 11.6. The summed E-state index contributed by atoms with van der Waals surface area (Å²) in [6.45, 7) is 0.407. The summed E-state index contributed by atoms with van der Waals surface area (Å²) in [7, 11) is 1.64. The Bertz CT molecular complexity index is 757. The Morgan fingerprint density at radius 2 is 1.76 bits per heavy atom. The average molecular weight is 281 g/mol. The number of ether oxygens (including phenoxy) is 2. The summed E-state index contributed by atoms with van der Waals surface area (Å²) in [4.78, 5) is 8.35. The van der Waals surface area contributed by atoms with Crippen LogP contribution in [0.5, 0.6) is 11.6 Å². The Morgan fingerprint density at radius 1 is 1.00 bits per heavy atom. The summed E-state index contributed by atoms with van der Waals surface area (Å²) in [5.41, 5.74) is 7.51. The van der Waals surface area contributed by atoms with Crippen LogP contribution >= 0.6 is 0 Å². The number of aromatic nitrogens is 2. The van der Waals surface area contributed by atoms with Crippen molar-refractivity contribution in [3.63, 3.8) is 0 Å². The number of hydrogen-bond acceptors (Lipinski definition) is 5. The number of benzene rings is 2. The predicted molar refractivity (Wildman–Crippen MR) is 81.3 cm³/mol. The lowest BCUT2D eigenvalue weighted by atomic mass is 10.2. The van der Waals surface area contributed by atoms with Crippen molar-refractivity contribution >= 4 is 16.9 Å². The van der Waals surface area contributed by atoms with E-state index in [-0.39, 0.29) is 5.95 Å². The first-order chi connectivity index (χ1) is 10.3. The topological polar surface area (TPSA) is 70.3 Å². The van der Waals surface area contributed by atoms with Crippen LogP contribution in [0.15, 0.2) is 48.5 Å². The van der Waals surface area contributed by atoms with Crippen molar-refractivity contribution in [1.29, 1.82) is 0 Å². The fourth-order valence-electron chi connectivity index (χ4n) is 2.05. The Kier molecular flexibility index (Phi) is 3.55. The number of methoxy groups -OCH3 is 1. The maximum Gasteiger partial charge on any atom is 0.226 e. The van der Waals surface area contributed by atoms with E-state index >= 15 is 0 Å². The smallest absolute Gasteiger partial charge is 0.226 e. The summed E-state index contributed by atoms with van der Waals surface area (Å²) in [6.07, 6.45) is 0. The average Bonchev–Trinajstić information content (AvgIpc) is 2.53. The van der Waals surface area contributed by atoms with Crippen LogP contribution in [0.25, 0.3) is 10.9 Å². The Morgan fingerprint density at radius 3 is 2.52 bits per heavy atom. The van der Waals surface area contributed by atoms with E-state index in [0.717, 1.165) is 22.2 Å². The van der Waals surface area contributed by atoms with Crippen molar-refractivity contribution in [3.8, 4) is 11.6 Å². The minimum absolute atomic E-state index is 0.207. The summed E-state index contributed by atoms with van der Waals surface area (Å²) in [5.74, 6) is 1.52. The predicted octanol–water partition coefficient (Wildman–Crippen LogP) is 2.80. The number of nitrogens with zero attached hydrogens (tertiary/aromatic N) is 2. The fourth-order valence-corrected chi connectivity index (χ4v) is 2.05. The second-order valence-corrected chi connectivity index (χ2v) is 4.54. The maximum absolute atomic E-state index is 5.79. The van der Waals surface area contributed by atoms with Gasteiger partial charge in [-0.15, -0.1) is 0 Å². The summed E-state index contributed by atoms with van der Waals surface area (Å²) in [5, 5.41) is 0.847. The Labute approximate surface area is 122 Å². The van der Waals surface area contributed by atoms with Gasteiger partial charge in [-0.2, -0.15) is 4.98 Å². The quantitative estimate of drug-likeness (QED) is 0.796. The molecule has 5 heteroatoms. The van der Waals surface area contributed by atoms with Gasteiger partial charge >= 0.3 is 0 Å². The second-order valence-electron chi connectivity index (χ2n) is 4.54. The van der Waals surface area contributed by atoms with Crippen LogP contribution in [-0.2, 0) is 6.61 Å². The molecule has 21 heavy (non-hydrogen) atoms. The SMILES string of the molecule is COc1ccc(COc2nc(N)nc3ccccc23)cc1. The highest BCUT2D eigenvalue weighted by Gasteiger charge is 2.07. The van der Waals surface area contributed by atoms with Gasteiger partial charge in [0.25, 0.3) is 0 Å². The van der Waals surface area contributed by atoms with Crippen LogP contribution in [0.3, 0.4) is 0 Å². The molecule has 0 fully saturated rings. The molecule has 0 atom stereocenters. The van der Waals surface area contributed by atoms with E-state index in [1.807, 2.05) is 48.5 Å². The number of fused-ring (bicyclic) bond motifs is 1. The van der Waals surface area contributed by atoms with E-state index in [9.17, 15) is 0 Å². The largest absolute Gasteiger partial charge is 0.497 e. The molecule has 0 aliphatic rings. The molecular formula is C16H15N3O2. The molecule has 3 aromatic rings. The van der Waals surface area contributed by atoms with E-state index in [1.165, 1.54) is 0 Å². The first kappa shape index (κ1) is 13.2. The van der Waals surface area contributed by atoms with Crippen molar-refractivity contribution in [2.75, 3.05) is 12.8 Å². The maximum atomic E-state index is 5.79. The summed E-state index contributed by atoms with van der Waals surface area (Å²) >= 11 is 0. The molecule has 5 nitrogen and oxygen atoms in total. The Hall–Kier alpha value is -2.82. The third-order valence-electron chi connectivity index (χ3n) is 3.12. The minimum atomic E-state index is 0.207. The molecule has 0 unspecified atom stereocenters. The summed E-state index contributed by atoms with van der Waals surface area (Å²) in [6, 6.07) is 15.3. The van der Waals surface area contributed by atoms with Gasteiger partial charge in [0.15, 0.2) is 0 Å². The number of para-hydroxylation sites is 1. The van der Waals surface area contributed by atoms with Gasteiger partial charge in [-0.3, -0.25) is 0 Å². The third-order valence-corrected chi connectivity index (χ3v) is 3.12. The normalized spacial score (nSPS) is 10.5. The van der Waals surface area contributed by atoms with Crippen molar-refractivity contribution in [3.05, 3.63) is 54.1 Å². The number of anilines is 1. The number of hydrogen-bond donors (Lipinski definition) is 1. The van der Waals surface area contributed by atoms with E-state index in [1.54, 1.807) is 7.11 Å². The van der Waals surface area contributed by atoms with Crippen molar-refractivity contribution in [1.82, 2.24) is 9.97 Å². The standard InChI is InChI=1S/C16H15N3O2/c1-20-12-8-6-11(7-9-12)10-21-15-13-4-2-3-5-14(13)18-16(17)19-15/h2-9H,10H2,1H3,(H2,17,18,19). The number of rotatable bonds is 4. The van der Waals surface area contributed by atoms with Gasteiger partial charge in [-0.25, -0.2) is 4.98 Å². The van der Waals surface area contributed by atoms with Gasteiger partial charge in [0.2, 0.25) is 11.8 Å². The van der Waals surface area contributed by atoms with Crippen molar-refractivity contribution in [2.45, 2.75) is 6.61 Å². The molecule has 0 bridgehead atoms. The van der Waals surface area contributed by atoms with Crippen LogP contribution in [0.1, 0.15) is 5.56 Å². The molecule has 106 valence electrons. The van der Waals surface area contributed by atoms with Crippen LogP contribution in [-0.4, -0.2) is 17.1 Å². The van der Waals surface area contributed by atoms with E-state index in [2.05, 4.69) is 9.97 Å². The molecular weight excluding hydrogens is 266 g/mol. The molecule has 2 aromatic carbocycles. The molecule has 0 saturated carbocycles. The molecule has 2 N–H and O–H groups in total. The van der Waals surface area contributed by atoms with Crippen LogP contribution in [0.2, 0.25) is 0 Å². The van der Waals surface area contributed by atoms with Crippen LogP contribution in [0, 0.1) is 0 Å². The molecule has 0 aliphatic carbocycles. The molecule has 0 saturated heterocycles. The van der Waals surface area contributed by atoms with E-state index in [0.29, 0.717) is 12.5 Å². The monoisotopic (exact) mass is 281 g/mol. The summed E-state index contributed by atoms with van der Waals surface area (Å²) < 4.78 is 10.9.